The Morgan fingerprint density at radius 3 is 2.56 bits per heavy atom. The average Bonchev–Trinajstić information content (AvgIpc) is 3.23. The van der Waals surface area contributed by atoms with Crippen molar-refractivity contribution in [3.63, 3.8) is 0 Å². The Kier molecular flexibility index (Phi) is 6.10. The Hall–Kier alpha value is -3.45. The van der Waals surface area contributed by atoms with E-state index in [4.69, 9.17) is 4.74 Å². The highest BCUT2D eigenvalue weighted by molar-refractivity contribution is 7.14. The zero-order valence-electron chi connectivity index (χ0n) is 16.4. The molecular weight excluding hydrogens is 449 g/mol. The Labute approximate surface area is 183 Å². The van der Waals surface area contributed by atoms with Gasteiger partial charge in [-0.05, 0) is 23.6 Å². The molecule has 0 saturated carbocycles. The highest BCUT2D eigenvalue weighted by atomic mass is 32.1. The molecule has 3 aromatic heterocycles. The Balaban J connectivity index is 1.57. The van der Waals surface area contributed by atoms with E-state index in [1.807, 2.05) is 0 Å². The van der Waals surface area contributed by atoms with Crippen molar-refractivity contribution in [2.24, 2.45) is 0 Å². The molecule has 3 N–H and O–H groups in total. The second-order valence-electron chi connectivity index (χ2n) is 6.68. The molecule has 32 heavy (non-hydrogen) atoms. The number of carbonyl (C=O) groups is 1. The lowest BCUT2D eigenvalue weighted by atomic mass is 10.3. The number of aromatic nitrogens is 3. The average molecular weight is 466 g/mol. The number of pyridine rings is 1. The van der Waals surface area contributed by atoms with Gasteiger partial charge in [-0.3, -0.25) is 0 Å². The number of nitrogens with zero attached hydrogens (tertiary/aromatic N) is 4. The first-order chi connectivity index (χ1) is 15.3. The highest BCUT2D eigenvalue weighted by Crippen LogP contribution is 2.37. The maximum absolute atomic E-state index is 13.4. The van der Waals surface area contributed by atoms with E-state index in [-0.39, 0.29) is 16.5 Å². The molecule has 0 atom stereocenters. The van der Waals surface area contributed by atoms with Crippen LogP contribution in [0.1, 0.15) is 15.9 Å². The van der Waals surface area contributed by atoms with Gasteiger partial charge in [0.1, 0.15) is 22.2 Å². The number of halogens is 3. The summed E-state index contributed by atoms with van der Waals surface area (Å²) >= 11 is 0.953. The van der Waals surface area contributed by atoms with Crippen LogP contribution in [0, 0.1) is 0 Å². The predicted molar refractivity (Wildman–Crippen MR) is 112 cm³/mol. The maximum Gasteiger partial charge on any atom is 0.421 e. The lowest BCUT2D eigenvalue weighted by molar-refractivity contribution is -0.137. The monoisotopic (exact) mass is 466 g/mol. The second-order valence-corrected chi connectivity index (χ2v) is 7.59. The molecule has 9 nitrogen and oxygen atoms in total. The van der Waals surface area contributed by atoms with E-state index in [0.29, 0.717) is 25.1 Å². The fourth-order valence-corrected chi connectivity index (χ4v) is 3.77. The smallest absolute Gasteiger partial charge is 0.421 e. The summed E-state index contributed by atoms with van der Waals surface area (Å²) in [4.78, 5) is 25.4. The number of ether oxygens (including phenoxy) is 1. The van der Waals surface area contributed by atoms with Gasteiger partial charge in [-0.2, -0.15) is 18.2 Å². The van der Waals surface area contributed by atoms with E-state index < -0.39 is 23.5 Å². The SMILES string of the molecule is O=C(O)c1ccsc1Nc1nc(Nc2ccc(N3CCOCC3)nc2)ncc1C(F)(F)F. The molecule has 0 amide bonds. The summed E-state index contributed by atoms with van der Waals surface area (Å²) in [6.45, 7) is 2.67. The minimum absolute atomic E-state index is 0.0316. The molecule has 168 valence electrons. The van der Waals surface area contributed by atoms with Gasteiger partial charge in [-0.1, -0.05) is 0 Å². The fraction of sp³-hybridized carbons (Fsp3) is 0.263. The number of morpholine rings is 1. The Bertz CT molecular complexity index is 1100. The van der Waals surface area contributed by atoms with Gasteiger partial charge in [0.15, 0.2) is 0 Å². The Morgan fingerprint density at radius 1 is 1.12 bits per heavy atom. The van der Waals surface area contributed by atoms with Crippen molar-refractivity contribution in [2.75, 3.05) is 41.8 Å². The summed E-state index contributed by atoms with van der Waals surface area (Å²) in [6, 6.07) is 4.79. The van der Waals surface area contributed by atoms with Crippen molar-refractivity contribution in [3.8, 4) is 0 Å². The third-order valence-electron chi connectivity index (χ3n) is 4.56. The number of rotatable bonds is 6. The molecule has 1 aliphatic rings. The maximum atomic E-state index is 13.4. The van der Waals surface area contributed by atoms with Crippen molar-refractivity contribution >= 4 is 45.6 Å². The first-order valence-corrected chi connectivity index (χ1v) is 10.3. The van der Waals surface area contributed by atoms with Crippen molar-refractivity contribution in [1.29, 1.82) is 0 Å². The van der Waals surface area contributed by atoms with Gasteiger partial charge >= 0.3 is 12.1 Å². The summed E-state index contributed by atoms with van der Waals surface area (Å²) in [5.74, 6) is -1.16. The van der Waals surface area contributed by atoms with Crippen LogP contribution in [0.3, 0.4) is 0 Å². The number of hydrogen-bond donors (Lipinski definition) is 3. The van der Waals surface area contributed by atoms with Crippen LogP contribution < -0.4 is 15.5 Å². The molecule has 1 fully saturated rings. The van der Waals surface area contributed by atoms with Crippen LogP contribution in [-0.2, 0) is 10.9 Å². The van der Waals surface area contributed by atoms with E-state index in [0.717, 1.165) is 30.2 Å². The van der Waals surface area contributed by atoms with Gasteiger partial charge in [-0.15, -0.1) is 11.3 Å². The van der Waals surface area contributed by atoms with E-state index in [9.17, 15) is 23.1 Å². The van der Waals surface area contributed by atoms with Crippen LogP contribution in [0.4, 0.5) is 41.4 Å². The molecular formula is C19H17F3N6O3S. The lowest BCUT2D eigenvalue weighted by Gasteiger charge is -2.27. The molecule has 0 aliphatic carbocycles. The lowest BCUT2D eigenvalue weighted by Crippen LogP contribution is -2.36. The summed E-state index contributed by atoms with van der Waals surface area (Å²) in [5.41, 5.74) is -0.789. The number of anilines is 5. The summed E-state index contributed by atoms with van der Waals surface area (Å²) < 4.78 is 45.6. The van der Waals surface area contributed by atoms with Gasteiger partial charge in [-0.25, -0.2) is 14.8 Å². The second kappa shape index (κ2) is 8.96. The molecule has 0 radical (unpaired) electrons. The highest BCUT2D eigenvalue weighted by Gasteiger charge is 2.35. The molecule has 13 heteroatoms. The third-order valence-corrected chi connectivity index (χ3v) is 5.39. The topological polar surface area (TPSA) is 112 Å². The van der Waals surface area contributed by atoms with Gasteiger partial charge in [0.05, 0.1) is 30.7 Å². The molecule has 4 rings (SSSR count). The van der Waals surface area contributed by atoms with Crippen LogP contribution in [0.5, 0.6) is 0 Å². The molecule has 1 saturated heterocycles. The van der Waals surface area contributed by atoms with Crippen molar-refractivity contribution in [3.05, 3.63) is 47.1 Å². The fourth-order valence-electron chi connectivity index (χ4n) is 3.00. The first-order valence-electron chi connectivity index (χ1n) is 9.39. The van der Waals surface area contributed by atoms with Gasteiger partial charge in [0.25, 0.3) is 0 Å². The van der Waals surface area contributed by atoms with E-state index in [2.05, 4.69) is 30.5 Å². The normalized spacial score (nSPS) is 14.3. The zero-order valence-corrected chi connectivity index (χ0v) is 17.2. The molecule has 1 aliphatic heterocycles. The quantitative estimate of drug-likeness (QED) is 0.497. The van der Waals surface area contributed by atoms with E-state index >= 15 is 0 Å². The zero-order chi connectivity index (χ0) is 22.7. The minimum atomic E-state index is -4.73. The number of aromatic carboxylic acids is 1. The van der Waals surface area contributed by atoms with Crippen molar-refractivity contribution in [1.82, 2.24) is 15.0 Å². The van der Waals surface area contributed by atoms with Crippen LogP contribution in [-0.4, -0.2) is 52.3 Å². The number of hydrogen-bond acceptors (Lipinski definition) is 9. The number of carboxylic acid groups (broad SMARTS) is 1. The van der Waals surface area contributed by atoms with E-state index in [1.54, 1.807) is 12.1 Å². The van der Waals surface area contributed by atoms with Gasteiger partial charge in [0.2, 0.25) is 5.95 Å². The van der Waals surface area contributed by atoms with Crippen LogP contribution in [0.25, 0.3) is 0 Å². The molecule has 0 unspecified atom stereocenters. The van der Waals surface area contributed by atoms with Crippen molar-refractivity contribution in [2.45, 2.75) is 6.18 Å². The number of thiophene rings is 1. The molecule has 3 aromatic rings. The van der Waals surface area contributed by atoms with Crippen LogP contribution >= 0.6 is 11.3 Å². The largest absolute Gasteiger partial charge is 0.478 e. The molecule has 0 aromatic carbocycles. The minimum Gasteiger partial charge on any atom is -0.478 e. The molecule has 0 bridgehead atoms. The van der Waals surface area contributed by atoms with Gasteiger partial charge in [0, 0.05) is 19.3 Å². The number of alkyl halides is 3. The molecule has 4 heterocycles. The van der Waals surface area contributed by atoms with Crippen LogP contribution in [0.2, 0.25) is 0 Å². The predicted octanol–water partition coefficient (Wildman–Crippen LogP) is 3.97. The summed E-state index contributed by atoms with van der Waals surface area (Å²) in [5, 5.41) is 16.0. The van der Waals surface area contributed by atoms with Crippen LogP contribution in [0.15, 0.2) is 36.0 Å². The number of carboxylic acids is 1. The van der Waals surface area contributed by atoms with Crippen molar-refractivity contribution < 1.29 is 27.8 Å². The third kappa shape index (κ3) is 4.89. The van der Waals surface area contributed by atoms with Gasteiger partial charge < -0.3 is 25.4 Å². The summed E-state index contributed by atoms with van der Waals surface area (Å²) in [7, 11) is 0. The molecule has 0 spiro atoms. The standard InChI is InChI=1S/C19H17F3N6O3S/c20-19(21,22)13-10-24-18(27-15(13)26-16-12(17(29)30)3-8-32-16)25-11-1-2-14(23-9-11)28-4-6-31-7-5-28/h1-3,8-10H,4-7H2,(H,29,30)(H2,24,25,26,27). The number of nitrogens with one attached hydrogen (secondary N) is 2. The Morgan fingerprint density at radius 2 is 1.91 bits per heavy atom. The van der Waals surface area contributed by atoms with E-state index in [1.165, 1.54) is 17.6 Å². The first kappa shape index (κ1) is 21.8. The summed E-state index contributed by atoms with van der Waals surface area (Å²) in [6.07, 6.45) is -2.56.